The van der Waals surface area contributed by atoms with Crippen molar-refractivity contribution in [3.05, 3.63) is 77.9 Å². The predicted molar refractivity (Wildman–Crippen MR) is 245 cm³/mol. The highest BCUT2D eigenvalue weighted by atomic mass is 16.3. The molecule has 7 unspecified atom stereocenters. The third-order valence-corrected chi connectivity index (χ3v) is 8.43. The first-order valence-electron chi connectivity index (χ1n) is 19.3. The van der Waals surface area contributed by atoms with E-state index in [4.69, 9.17) is 68.8 Å². The van der Waals surface area contributed by atoms with E-state index in [1.807, 2.05) is 21.3 Å². The molecule has 7 atom stereocenters. The van der Waals surface area contributed by atoms with Crippen molar-refractivity contribution in [2.45, 2.75) is 43.1 Å². The zero-order chi connectivity index (χ0) is 51.7. The Morgan fingerprint density at radius 3 is 1.28 bits per heavy atom. The van der Waals surface area contributed by atoms with E-state index in [2.05, 4.69) is 40.9 Å². The van der Waals surface area contributed by atoms with Crippen LogP contribution in [0.25, 0.3) is 10.8 Å². The maximum Gasteiger partial charge on any atom is 0.343 e. The number of nitrogens with one attached hydrogen (secondary N) is 8. The molecule has 0 fully saturated rings. The molecule has 0 aromatic heterocycles. The van der Waals surface area contributed by atoms with Crippen LogP contribution >= 0.6 is 0 Å². The van der Waals surface area contributed by atoms with Crippen LogP contribution in [0, 0.1) is 0 Å². The number of amides is 8. The summed E-state index contributed by atoms with van der Waals surface area (Å²) in [5.74, 6) is -13.9. The Kier molecular flexibility index (Phi) is 18.8. The Bertz CT molecular complexity index is 2580. The second-order valence-corrected chi connectivity index (χ2v) is 13.8. The Morgan fingerprint density at radius 2 is 0.870 bits per heavy atom. The van der Waals surface area contributed by atoms with Crippen LogP contribution in [0.4, 0.5) is 5.69 Å². The van der Waals surface area contributed by atoms with Crippen molar-refractivity contribution in [2.24, 2.45) is 88.8 Å². The van der Waals surface area contributed by atoms with Crippen molar-refractivity contribution < 1.29 is 48.5 Å². The summed E-state index contributed by atoms with van der Waals surface area (Å²) in [6.45, 7) is 0. The monoisotopic (exact) mass is 963 g/mol. The van der Waals surface area contributed by atoms with E-state index in [1.165, 1.54) is 30.3 Å². The van der Waals surface area contributed by atoms with Crippen molar-refractivity contribution in [2.75, 3.05) is 0 Å². The number of fused-ring (bicyclic) bond motifs is 1. The first kappa shape index (κ1) is 53.3. The van der Waals surface area contributed by atoms with Gasteiger partial charge in [-0.15, -0.1) is 0 Å². The highest BCUT2D eigenvalue weighted by molar-refractivity contribution is 6.05. The van der Waals surface area contributed by atoms with Crippen LogP contribution in [0.5, 0.6) is 0 Å². The molecule has 0 aliphatic rings. The molecule has 0 radical (unpaired) electrons. The molecule has 3 aromatic rings. The van der Waals surface area contributed by atoms with Gasteiger partial charge in [0.1, 0.15) is 11.7 Å². The van der Waals surface area contributed by atoms with Gasteiger partial charge in [0.15, 0.2) is 30.0 Å². The summed E-state index contributed by atoms with van der Waals surface area (Å²) in [6, 6.07) is 15.4. The summed E-state index contributed by atoms with van der Waals surface area (Å²) in [5.41, 5.74) is 65.4. The van der Waals surface area contributed by atoms with Gasteiger partial charge < -0.3 is 99.7 Å². The van der Waals surface area contributed by atoms with Crippen molar-refractivity contribution >= 4 is 93.5 Å². The van der Waals surface area contributed by atoms with E-state index in [0.717, 1.165) is 0 Å². The number of guanidine groups is 5. The minimum Gasteiger partial charge on any atom is -0.370 e. The maximum absolute atomic E-state index is 14.0. The van der Waals surface area contributed by atoms with Gasteiger partial charge in [0, 0.05) is 0 Å². The van der Waals surface area contributed by atoms with E-state index < -0.39 is 114 Å². The van der Waals surface area contributed by atoms with Gasteiger partial charge in [-0.2, -0.15) is 0 Å². The van der Waals surface area contributed by atoms with Crippen LogP contribution < -0.4 is 111 Å². The molecule has 33 N–H and O–H groups in total. The number of hydrogen-bond donors (Lipinski definition) is 21. The van der Waals surface area contributed by atoms with Gasteiger partial charge in [-0.25, -0.2) is 25.0 Å². The van der Waals surface area contributed by atoms with Gasteiger partial charge in [-0.1, -0.05) is 54.6 Å². The number of aliphatic hydroxyl groups is 1. The van der Waals surface area contributed by atoms with Crippen LogP contribution in [0.3, 0.4) is 0 Å². The van der Waals surface area contributed by atoms with Crippen molar-refractivity contribution in [1.82, 2.24) is 37.2 Å². The van der Waals surface area contributed by atoms with E-state index in [-0.39, 0.29) is 22.8 Å². The van der Waals surface area contributed by atoms with E-state index in [1.54, 1.807) is 36.4 Å². The second-order valence-electron chi connectivity index (χ2n) is 13.8. The summed E-state index contributed by atoms with van der Waals surface area (Å²) < 4.78 is 0. The normalized spacial score (nSPS) is 13.5. The molecule has 0 heterocycles. The molecule has 33 heteroatoms. The Morgan fingerprint density at radius 1 is 0.478 bits per heavy atom. The Hall–Kier alpha value is -10.1. The molecule has 0 bridgehead atoms. The van der Waals surface area contributed by atoms with Gasteiger partial charge in [0.05, 0.1) is 5.56 Å². The maximum atomic E-state index is 14.0. The zero-order valence-electron chi connectivity index (χ0n) is 35.8. The van der Waals surface area contributed by atoms with Crippen molar-refractivity contribution in [1.29, 1.82) is 0 Å². The van der Waals surface area contributed by atoms with Gasteiger partial charge in [-0.3, -0.25) is 49.8 Å². The molecular weight excluding hydrogens is 913 g/mol. The van der Waals surface area contributed by atoms with Crippen LogP contribution in [0.15, 0.2) is 86.7 Å². The largest absolute Gasteiger partial charge is 0.370 e. The minimum atomic E-state index is -2.31. The summed E-state index contributed by atoms with van der Waals surface area (Å²) >= 11 is 0. The average molecular weight is 964 g/mol. The lowest BCUT2D eigenvalue weighted by atomic mass is 10.0. The zero-order valence-corrected chi connectivity index (χ0v) is 35.8. The van der Waals surface area contributed by atoms with Gasteiger partial charge in [-0.05, 0) is 28.5 Å². The average Bonchev–Trinajstić information content (AvgIpc) is 3.26. The molecule has 0 aliphatic carbocycles. The molecule has 3 aromatic carbocycles. The molecule has 8 amide bonds. The lowest BCUT2D eigenvalue weighted by molar-refractivity contribution is -0.356. The Labute approximate surface area is 388 Å². The van der Waals surface area contributed by atoms with Crippen LogP contribution in [0.1, 0.15) is 22.0 Å². The number of nitrogens with zero attached hydrogens (tertiary/aromatic N) is 4. The van der Waals surface area contributed by atoms with Crippen molar-refractivity contribution in [3.63, 3.8) is 0 Å². The van der Waals surface area contributed by atoms with Gasteiger partial charge in [0.25, 0.3) is 41.4 Å². The Balaban J connectivity index is 1.89. The number of aliphatic hydroxyl groups excluding tert-OH is 1. The summed E-state index contributed by atoms with van der Waals surface area (Å²) in [4.78, 5) is 123. The van der Waals surface area contributed by atoms with Crippen LogP contribution in [-0.4, -0.2) is 119 Å². The summed E-state index contributed by atoms with van der Waals surface area (Å²) in [6.07, 6.45) is -12.7. The molecule has 33 nitrogen and oxygen atoms in total. The SMILES string of the molecule is NC(=O)C(N)NC(=O)C(N=C(N)N)NC(=O)C(N=C(N)N)NC(=O)C(N=C(N)N)NC(=O)C(N=C(N)N)NC(=O)C(NC(=O)C(O)NC(=O)c1cc2ccccc2cc1[NH+]=C(N)N)c1ccccc1. The smallest absolute Gasteiger partial charge is 0.343 e. The topological polar surface area (TPSA) is 617 Å². The lowest BCUT2D eigenvalue weighted by Gasteiger charge is -2.24. The highest BCUT2D eigenvalue weighted by Gasteiger charge is 2.34. The van der Waals surface area contributed by atoms with Crippen LogP contribution in [-0.2, 0) is 33.6 Å². The molecule has 368 valence electrons. The van der Waals surface area contributed by atoms with E-state index >= 15 is 0 Å². The molecule has 3 rings (SSSR count). The second kappa shape index (κ2) is 24.3. The van der Waals surface area contributed by atoms with E-state index in [9.17, 15) is 43.5 Å². The summed E-state index contributed by atoms with van der Waals surface area (Å²) in [7, 11) is 0. The lowest BCUT2D eigenvalue weighted by Crippen LogP contribution is -2.73. The number of benzene rings is 3. The predicted octanol–water partition coefficient (Wildman–Crippen LogP) is -12.5. The standard InChI is InChI=1S/C36H50N24O9/c37-18(19(38)61)51-26(64)20(56-33(41)42)53-28(66)22(58-35(45)46)55-29(67)23(59-36(47)48)54-27(65)21(57-34(43)44)52-25(63)17(12-6-2-1-3-7-12)50-30(68)31(69)60-24(62)15-10-13-8-4-5-9-14(13)11-16(15)49-32(39)40/h1-11,17-18,20-23,31,69H,37H2,(H2,38,61)(H,50,68)(H,51,64)(H,52,63)(H,53,66)(H,54,65)(H,55,67)(H,60,62)(H4,39,40,49)(H4,41,42,56)(H4,43,44,57)(H4,45,46,58)(H4,47,48,59)/p+1. The van der Waals surface area contributed by atoms with E-state index in [0.29, 0.717) is 10.8 Å². The molecule has 0 saturated carbocycles. The molecule has 0 aliphatic heterocycles. The fourth-order valence-corrected chi connectivity index (χ4v) is 5.51. The number of primary amides is 1. The quantitative estimate of drug-likeness (QED) is 0.0268. The third-order valence-electron chi connectivity index (χ3n) is 8.43. The van der Waals surface area contributed by atoms with Gasteiger partial charge >= 0.3 is 5.96 Å². The third kappa shape index (κ3) is 16.5. The summed E-state index contributed by atoms with van der Waals surface area (Å²) in [5, 5.41) is 26.6. The molecule has 0 spiro atoms. The first-order valence-corrected chi connectivity index (χ1v) is 19.3. The number of carbonyl (C=O) groups excluding carboxylic acids is 8. The molecule has 69 heavy (non-hydrogen) atoms. The first-order chi connectivity index (χ1) is 32.4. The fourth-order valence-electron chi connectivity index (χ4n) is 5.51. The minimum absolute atomic E-state index is 0.0535. The number of hydrogen-bond acceptors (Lipinski definition) is 14. The van der Waals surface area contributed by atoms with Crippen LogP contribution in [0.2, 0.25) is 0 Å². The number of carbonyl (C=O) groups is 8. The number of nitrogens with two attached hydrogens (primary N) is 12. The fraction of sp³-hybridized carbons (Fsp3) is 0.194. The highest BCUT2D eigenvalue weighted by Crippen LogP contribution is 2.21. The molecule has 0 saturated heterocycles. The van der Waals surface area contributed by atoms with Crippen molar-refractivity contribution in [3.8, 4) is 0 Å². The number of aliphatic imine (C=N–C) groups is 4. The van der Waals surface area contributed by atoms with Gasteiger partial charge in [0.2, 0.25) is 36.8 Å². The number of rotatable bonds is 21. The molecular formula is C36H51N24O9+.